The topological polar surface area (TPSA) is 86.7 Å². The first-order valence-electron chi connectivity index (χ1n) is 7.65. The lowest BCUT2D eigenvalue weighted by Gasteiger charge is -2.16. The molecule has 25 heavy (non-hydrogen) atoms. The molecule has 2 aromatic rings. The van der Waals surface area contributed by atoms with Gasteiger partial charge in [-0.05, 0) is 42.4 Å². The van der Waals surface area contributed by atoms with Crippen LogP contribution in [0.4, 0.5) is 16.2 Å². The number of imide groups is 1. The van der Waals surface area contributed by atoms with Gasteiger partial charge < -0.3 is 10.4 Å². The van der Waals surface area contributed by atoms with Crippen molar-refractivity contribution in [2.24, 2.45) is 0 Å². The minimum atomic E-state index is -0.780. The second-order valence-corrected chi connectivity index (χ2v) is 6.76. The zero-order valence-corrected chi connectivity index (χ0v) is 14.2. The third-order valence-corrected chi connectivity index (χ3v) is 4.86. The first kappa shape index (κ1) is 17.0. The smallest absolute Gasteiger partial charge is 0.293 e. The lowest BCUT2D eigenvalue weighted by atomic mass is 10.1. The van der Waals surface area contributed by atoms with Crippen LogP contribution in [0.5, 0.6) is 5.75 Å². The quantitative estimate of drug-likeness (QED) is 0.821. The van der Waals surface area contributed by atoms with Crippen molar-refractivity contribution >= 4 is 40.2 Å². The van der Waals surface area contributed by atoms with Gasteiger partial charge in [0.15, 0.2) is 0 Å². The molecule has 0 bridgehead atoms. The maximum atomic E-state index is 12.6. The summed E-state index contributed by atoms with van der Waals surface area (Å²) in [5, 5.41) is 11.1. The molecule has 7 heteroatoms. The summed E-state index contributed by atoms with van der Waals surface area (Å²) in [6.07, 6.45) is -0.147. The second-order valence-electron chi connectivity index (χ2n) is 5.60. The van der Waals surface area contributed by atoms with Crippen LogP contribution in [-0.2, 0) is 9.59 Å². The largest absolute Gasteiger partial charge is 0.506 e. The number of benzene rings is 2. The zero-order valence-electron chi connectivity index (χ0n) is 13.4. The van der Waals surface area contributed by atoms with Gasteiger partial charge in [0, 0.05) is 6.42 Å². The number of phenolic OH excluding ortho intramolecular Hbond substituents is 1. The van der Waals surface area contributed by atoms with E-state index in [1.54, 1.807) is 30.3 Å². The van der Waals surface area contributed by atoms with Crippen molar-refractivity contribution in [2.75, 3.05) is 10.2 Å². The molecule has 0 aliphatic carbocycles. The average molecular weight is 356 g/mol. The van der Waals surface area contributed by atoms with Crippen LogP contribution >= 0.6 is 11.8 Å². The van der Waals surface area contributed by atoms with Crippen LogP contribution in [0.25, 0.3) is 0 Å². The van der Waals surface area contributed by atoms with Gasteiger partial charge in [-0.3, -0.25) is 14.4 Å². The third kappa shape index (κ3) is 3.51. The van der Waals surface area contributed by atoms with E-state index in [-0.39, 0.29) is 23.1 Å². The summed E-state index contributed by atoms with van der Waals surface area (Å²) in [6.45, 7) is 1.82. The molecule has 3 amide bonds. The second kappa shape index (κ2) is 6.98. The lowest BCUT2D eigenvalue weighted by Crippen LogP contribution is -2.33. The fraction of sp³-hybridized carbons (Fsp3) is 0.167. The number of para-hydroxylation sites is 3. The number of anilines is 2. The van der Waals surface area contributed by atoms with Crippen LogP contribution in [0, 0.1) is 6.92 Å². The summed E-state index contributed by atoms with van der Waals surface area (Å²) in [5.41, 5.74) is 1.61. The first-order chi connectivity index (χ1) is 12.0. The highest BCUT2D eigenvalue weighted by molar-refractivity contribution is 8.15. The number of carbonyl (C=O) groups excluding carboxylic acids is 3. The van der Waals surface area contributed by atoms with Gasteiger partial charge in [0.05, 0.1) is 11.4 Å². The van der Waals surface area contributed by atoms with Gasteiger partial charge in [-0.15, -0.1) is 0 Å². The van der Waals surface area contributed by atoms with Gasteiger partial charge in [-0.1, -0.05) is 30.3 Å². The van der Waals surface area contributed by atoms with Gasteiger partial charge in [-0.2, -0.15) is 0 Å². The Hall–Kier alpha value is -2.80. The van der Waals surface area contributed by atoms with E-state index in [0.717, 1.165) is 22.2 Å². The number of rotatable bonds is 4. The summed E-state index contributed by atoms with van der Waals surface area (Å²) in [4.78, 5) is 38.1. The van der Waals surface area contributed by atoms with Crippen molar-refractivity contribution in [3.05, 3.63) is 54.1 Å². The van der Waals surface area contributed by atoms with Crippen LogP contribution in [0.15, 0.2) is 48.5 Å². The van der Waals surface area contributed by atoms with Gasteiger partial charge in [0.25, 0.3) is 5.24 Å². The maximum Gasteiger partial charge on any atom is 0.293 e. The highest BCUT2D eigenvalue weighted by atomic mass is 32.2. The van der Waals surface area contributed by atoms with E-state index in [1.165, 1.54) is 6.07 Å². The van der Waals surface area contributed by atoms with Gasteiger partial charge >= 0.3 is 0 Å². The Bertz CT molecular complexity index is 852. The van der Waals surface area contributed by atoms with E-state index < -0.39 is 17.1 Å². The number of carbonyl (C=O) groups is 3. The number of nitrogens with zero attached hydrogens (tertiary/aromatic N) is 1. The molecular weight excluding hydrogens is 340 g/mol. The molecular formula is C18H16N2O4S. The maximum absolute atomic E-state index is 12.6. The number of nitrogens with one attached hydrogen (secondary N) is 1. The number of amides is 3. The van der Waals surface area contributed by atoms with Crippen LogP contribution in [0.2, 0.25) is 0 Å². The zero-order chi connectivity index (χ0) is 18.0. The molecule has 1 aliphatic heterocycles. The molecule has 2 aromatic carbocycles. The SMILES string of the molecule is Cc1ccccc1N1C(=O)SC(CC(=O)Nc2ccccc2O)C1=O. The van der Waals surface area contributed by atoms with Crippen LogP contribution < -0.4 is 10.2 Å². The van der Waals surface area contributed by atoms with Crippen molar-refractivity contribution in [1.29, 1.82) is 0 Å². The summed E-state index contributed by atoms with van der Waals surface area (Å²) in [5.74, 6) is -0.901. The lowest BCUT2D eigenvalue weighted by molar-refractivity contribution is -0.121. The highest BCUT2D eigenvalue weighted by Gasteiger charge is 2.42. The van der Waals surface area contributed by atoms with Crippen molar-refractivity contribution in [1.82, 2.24) is 0 Å². The fourth-order valence-corrected chi connectivity index (χ4v) is 3.55. The molecule has 1 heterocycles. The molecule has 6 nitrogen and oxygen atoms in total. The Balaban J connectivity index is 1.71. The Kier molecular flexibility index (Phi) is 4.76. The molecule has 0 saturated carbocycles. The highest BCUT2D eigenvalue weighted by Crippen LogP contribution is 2.35. The van der Waals surface area contributed by atoms with Crippen molar-refractivity contribution < 1.29 is 19.5 Å². The molecule has 0 spiro atoms. The summed E-state index contributed by atoms with van der Waals surface area (Å²) in [7, 11) is 0. The summed E-state index contributed by atoms with van der Waals surface area (Å²) < 4.78 is 0. The minimum Gasteiger partial charge on any atom is -0.506 e. The average Bonchev–Trinajstić information content (AvgIpc) is 2.84. The van der Waals surface area contributed by atoms with Crippen LogP contribution in [0.3, 0.4) is 0 Å². The molecule has 1 unspecified atom stereocenters. The van der Waals surface area contributed by atoms with E-state index in [2.05, 4.69) is 5.32 Å². The molecule has 3 rings (SSSR count). The fourth-order valence-electron chi connectivity index (χ4n) is 2.57. The Morgan fingerprint density at radius 2 is 1.84 bits per heavy atom. The number of hydrogen-bond acceptors (Lipinski definition) is 5. The molecule has 1 atom stereocenters. The first-order valence-corrected chi connectivity index (χ1v) is 8.53. The monoisotopic (exact) mass is 356 g/mol. The van der Waals surface area contributed by atoms with Crippen molar-refractivity contribution in [3.63, 3.8) is 0 Å². The summed E-state index contributed by atoms with van der Waals surface area (Å²) >= 11 is 0.843. The normalized spacial score (nSPS) is 17.0. The molecule has 2 N–H and O–H groups in total. The number of thioether (sulfide) groups is 1. The van der Waals surface area contributed by atoms with Gasteiger partial charge in [0.2, 0.25) is 11.8 Å². The predicted octanol–water partition coefficient (Wildman–Crippen LogP) is 3.30. The Labute approximate surface area is 148 Å². The van der Waals surface area contributed by atoms with E-state index in [1.807, 2.05) is 19.1 Å². The van der Waals surface area contributed by atoms with E-state index >= 15 is 0 Å². The molecule has 0 radical (unpaired) electrons. The van der Waals surface area contributed by atoms with E-state index in [9.17, 15) is 19.5 Å². The predicted molar refractivity (Wildman–Crippen MR) is 96.8 cm³/mol. The molecule has 1 fully saturated rings. The Morgan fingerprint density at radius 1 is 1.16 bits per heavy atom. The van der Waals surface area contributed by atoms with Crippen LogP contribution in [-0.4, -0.2) is 27.4 Å². The Morgan fingerprint density at radius 3 is 2.56 bits per heavy atom. The van der Waals surface area contributed by atoms with Crippen molar-refractivity contribution in [2.45, 2.75) is 18.6 Å². The third-order valence-electron chi connectivity index (χ3n) is 3.83. The van der Waals surface area contributed by atoms with Gasteiger partial charge in [-0.25, -0.2) is 4.90 Å². The van der Waals surface area contributed by atoms with E-state index in [4.69, 9.17) is 0 Å². The van der Waals surface area contributed by atoms with E-state index in [0.29, 0.717) is 5.69 Å². The molecule has 128 valence electrons. The minimum absolute atomic E-state index is 0.0566. The number of aryl methyl sites for hydroxylation is 1. The number of phenols is 1. The molecule has 1 saturated heterocycles. The standard InChI is InChI=1S/C18H16N2O4S/c1-11-6-2-4-8-13(11)20-17(23)15(25-18(20)24)10-16(22)19-12-7-3-5-9-14(12)21/h2-9,15,21H,10H2,1H3,(H,19,22). The van der Waals surface area contributed by atoms with Gasteiger partial charge in [0.1, 0.15) is 11.0 Å². The summed E-state index contributed by atoms with van der Waals surface area (Å²) in [6, 6.07) is 13.4. The molecule has 1 aliphatic rings. The van der Waals surface area contributed by atoms with Crippen LogP contribution in [0.1, 0.15) is 12.0 Å². The number of hydrogen-bond donors (Lipinski definition) is 2. The number of aromatic hydroxyl groups is 1. The molecule has 0 aromatic heterocycles. The van der Waals surface area contributed by atoms with Crippen molar-refractivity contribution in [3.8, 4) is 5.75 Å².